The highest BCUT2D eigenvalue weighted by atomic mass is 32.1. The van der Waals surface area contributed by atoms with Crippen LogP contribution >= 0.6 is 11.3 Å². The number of nitrogens with two attached hydrogens (primary N) is 1. The van der Waals surface area contributed by atoms with Gasteiger partial charge in [-0.05, 0) is 30.9 Å². The monoisotopic (exact) mass is 236 g/mol. The standard InChI is InChI=1S/C11H16N4S/c1-7-4-9(6-16-7)11(13-12)10-5-15(3)14-8(10)2/h4-6,11,13H,12H2,1-3H3. The number of nitrogens with zero attached hydrogens (tertiary/aromatic N) is 2. The van der Waals surface area contributed by atoms with E-state index in [4.69, 9.17) is 5.84 Å². The number of hydrazine groups is 1. The van der Waals surface area contributed by atoms with Gasteiger partial charge in [-0.3, -0.25) is 10.5 Å². The number of hydrogen-bond donors (Lipinski definition) is 2. The van der Waals surface area contributed by atoms with Gasteiger partial charge in [-0.15, -0.1) is 11.3 Å². The summed E-state index contributed by atoms with van der Waals surface area (Å²) in [5.41, 5.74) is 6.19. The van der Waals surface area contributed by atoms with E-state index in [1.54, 1.807) is 11.3 Å². The average molecular weight is 236 g/mol. The second-order valence-electron chi connectivity index (χ2n) is 3.93. The smallest absolute Gasteiger partial charge is 0.0751 e. The van der Waals surface area contributed by atoms with Crippen LogP contribution in [0.5, 0.6) is 0 Å². The van der Waals surface area contributed by atoms with Gasteiger partial charge in [0.05, 0.1) is 11.7 Å². The number of aromatic nitrogens is 2. The van der Waals surface area contributed by atoms with Crippen molar-refractivity contribution in [3.05, 3.63) is 39.3 Å². The lowest BCUT2D eigenvalue weighted by atomic mass is 10.0. The maximum Gasteiger partial charge on any atom is 0.0751 e. The molecule has 0 aliphatic rings. The van der Waals surface area contributed by atoms with E-state index in [1.807, 2.05) is 24.9 Å². The quantitative estimate of drug-likeness (QED) is 0.629. The molecule has 2 aromatic heterocycles. The summed E-state index contributed by atoms with van der Waals surface area (Å²) in [6.45, 7) is 4.09. The van der Waals surface area contributed by atoms with Crippen molar-refractivity contribution in [2.75, 3.05) is 0 Å². The van der Waals surface area contributed by atoms with Gasteiger partial charge in [-0.25, -0.2) is 5.43 Å². The first-order valence-electron chi connectivity index (χ1n) is 5.13. The molecule has 3 N–H and O–H groups in total. The largest absolute Gasteiger partial charge is 0.275 e. The molecule has 0 spiro atoms. The molecular formula is C11H16N4S. The summed E-state index contributed by atoms with van der Waals surface area (Å²) in [6, 6.07) is 2.18. The van der Waals surface area contributed by atoms with Crippen LogP contribution in [0.2, 0.25) is 0 Å². The van der Waals surface area contributed by atoms with E-state index in [0.29, 0.717) is 0 Å². The van der Waals surface area contributed by atoms with E-state index in [9.17, 15) is 0 Å². The predicted octanol–water partition coefficient (Wildman–Crippen LogP) is 1.65. The Balaban J connectivity index is 2.40. The van der Waals surface area contributed by atoms with E-state index in [-0.39, 0.29) is 6.04 Å². The zero-order valence-corrected chi connectivity index (χ0v) is 10.5. The number of thiophene rings is 1. The minimum absolute atomic E-state index is 0.0265. The SMILES string of the molecule is Cc1cc(C(NN)c2cn(C)nc2C)cs1. The van der Waals surface area contributed by atoms with E-state index in [2.05, 4.69) is 28.9 Å². The van der Waals surface area contributed by atoms with Gasteiger partial charge in [0.15, 0.2) is 0 Å². The van der Waals surface area contributed by atoms with Crippen molar-refractivity contribution >= 4 is 11.3 Å². The summed E-state index contributed by atoms with van der Waals surface area (Å²) >= 11 is 1.73. The van der Waals surface area contributed by atoms with E-state index in [1.165, 1.54) is 10.4 Å². The highest BCUT2D eigenvalue weighted by molar-refractivity contribution is 7.10. The Kier molecular flexibility index (Phi) is 3.09. The molecule has 86 valence electrons. The molecule has 16 heavy (non-hydrogen) atoms. The van der Waals surface area contributed by atoms with Crippen molar-refractivity contribution in [1.82, 2.24) is 15.2 Å². The number of aryl methyl sites for hydroxylation is 3. The van der Waals surface area contributed by atoms with Crippen molar-refractivity contribution < 1.29 is 0 Å². The third-order valence-electron chi connectivity index (χ3n) is 2.61. The maximum atomic E-state index is 5.64. The molecule has 0 aliphatic heterocycles. The van der Waals surface area contributed by atoms with Gasteiger partial charge in [-0.2, -0.15) is 5.10 Å². The van der Waals surface area contributed by atoms with Crippen LogP contribution in [0, 0.1) is 13.8 Å². The first-order chi connectivity index (χ1) is 7.61. The first kappa shape index (κ1) is 11.3. The lowest BCUT2D eigenvalue weighted by Crippen LogP contribution is -2.28. The van der Waals surface area contributed by atoms with Crippen LogP contribution in [0.4, 0.5) is 0 Å². The molecule has 2 rings (SSSR count). The summed E-state index contributed by atoms with van der Waals surface area (Å²) in [5, 5.41) is 6.47. The minimum Gasteiger partial charge on any atom is -0.275 e. The molecule has 1 atom stereocenters. The van der Waals surface area contributed by atoms with Crippen LogP contribution in [0.3, 0.4) is 0 Å². The summed E-state index contributed by atoms with van der Waals surface area (Å²) in [7, 11) is 1.92. The molecule has 0 bridgehead atoms. The van der Waals surface area contributed by atoms with Crippen molar-refractivity contribution in [3.8, 4) is 0 Å². The lowest BCUT2D eigenvalue weighted by molar-refractivity contribution is 0.635. The van der Waals surface area contributed by atoms with Crippen LogP contribution < -0.4 is 11.3 Å². The number of hydrogen-bond acceptors (Lipinski definition) is 4. The minimum atomic E-state index is 0.0265. The van der Waals surface area contributed by atoms with Crippen molar-refractivity contribution in [3.63, 3.8) is 0 Å². The molecule has 0 aliphatic carbocycles. The fourth-order valence-electron chi connectivity index (χ4n) is 1.88. The van der Waals surface area contributed by atoms with Gasteiger partial charge in [-0.1, -0.05) is 0 Å². The number of rotatable bonds is 3. The molecule has 0 amide bonds. The Bertz CT molecular complexity index is 486. The Labute approximate surface area is 99.1 Å². The topological polar surface area (TPSA) is 55.9 Å². The summed E-state index contributed by atoms with van der Waals surface area (Å²) < 4.78 is 1.81. The molecule has 2 aromatic rings. The average Bonchev–Trinajstić information content (AvgIpc) is 2.76. The summed E-state index contributed by atoms with van der Waals surface area (Å²) in [4.78, 5) is 1.29. The maximum absolute atomic E-state index is 5.64. The van der Waals surface area contributed by atoms with Gasteiger partial charge < -0.3 is 0 Å². The van der Waals surface area contributed by atoms with Gasteiger partial charge in [0, 0.05) is 23.7 Å². The Morgan fingerprint density at radius 3 is 2.69 bits per heavy atom. The fraction of sp³-hybridized carbons (Fsp3) is 0.364. The molecule has 1 unspecified atom stereocenters. The second kappa shape index (κ2) is 4.37. The Morgan fingerprint density at radius 2 is 2.25 bits per heavy atom. The van der Waals surface area contributed by atoms with E-state index < -0.39 is 0 Å². The van der Waals surface area contributed by atoms with Crippen molar-refractivity contribution in [2.24, 2.45) is 12.9 Å². The molecule has 0 radical (unpaired) electrons. The molecule has 5 heteroatoms. The normalized spacial score (nSPS) is 13.0. The summed E-state index contributed by atoms with van der Waals surface area (Å²) in [6.07, 6.45) is 2.01. The molecule has 4 nitrogen and oxygen atoms in total. The van der Waals surface area contributed by atoms with Gasteiger partial charge in [0.2, 0.25) is 0 Å². The van der Waals surface area contributed by atoms with E-state index >= 15 is 0 Å². The highest BCUT2D eigenvalue weighted by Crippen LogP contribution is 2.27. The Morgan fingerprint density at radius 1 is 1.50 bits per heavy atom. The van der Waals surface area contributed by atoms with Crippen LogP contribution in [0.25, 0.3) is 0 Å². The Hall–Kier alpha value is -1.17. The van der Waals surface area contributed by atoms with Crippen molar-refractivity contribution in [1.29, 1.82) is 0 Å². The third kappa shape index (κ3) is 2.02. The lowest BCUT2D eigenvalue weighted by Gasteiger charge is -2.13. The van der Waals surface area contributed by atoms with Crippen LogP contribution in [0.15, 0.2) is 17.6 Å². The molecule has 2 heterocycles. The molecule has 0 saturated heterocycles. The van der Waals surface area contributed by atoms with Gasteiger partial charge >= 0.3 is 0 Å². The van der Waals surface area contributed by atoms with Gasteiger partial charge in [0.1, 0.15) is 0 Å². The van der Waals surface area contributed by atoms with Crippen LogP contribution in [-0.2, 0) is 7.05 Å². The molecule has 0 saturated carbocycles. The van der Waals surface area contributed by atoms with Crippen LogP contribution in [0.1, 0.15) is 27.7 Å². The third-order valence-corrected chi connectivity index (χ3v) is 3.49. The highest BCUT2D eigenvalue weighted by Gasteiger charge is 2.17. The number of nitrogens with one attached hydrogen (secondary N) is 1. The molecular weight excluding hydrogens is 220 g/mol. The molecule has 0 fully saturated rings. The van der Waals surface area contributed by atoms with Crippen molar-refractivity contribution in [2.45, 2.75) is 19.9 Å². The van der Waals surface area contributed by atoms with E-state index in [0.717, 1.165) is 11.3 Å². The molecule has 0 aromatic carbocycles. The first-order valence-corrected chi connectivity index (χ1v) is 6.01. The zero-order chi connectivity index (χ0) is 11.7. The summed E-state index contributed by atoms with van der Waals surface area (Å²) in [5.74, 6) is 5.64. The van der Waals surface area contributed by atoms with Gasteiger partial charge in [0.25, 0.3) is 0 Å². The fourth-order valence-corrected chi connectivity index (χ4v) is 2.61. The van der Waals surface area contributed by atoms with Crippen LogP contribution in [-0.4, -0.2) is 9.78 Å². The predicted molar refractivity (Wildman–Crippen MR) is 66.2 cm³/mol. The second-order valence-corrected chi connectivity index (χ2v) is 5.05. The zero-order valence-electron chi connectivity index (χ0n) is 9.69.